The predicted octanol–water partition coefficient (Wildman–Crippen LogP) is 4.86. The Balaban J connectivity index is 1.45. The molecule has 3 aromatic heterocycles. The lowest BCUT2D eigenvalue weighted by molar-refractivity contribution is -0.141. The monoisotopic (exact) mass is 527 g/mol. The number of nitrogens with zero attached hydrogens (tertiary/aromatic N) is 4. The number of carbonyl (C=O) groups is 1. The number of nitrogens with one attached hydrogen (secondary N) is 3. The highest BCUT2D eigenvalue weighted by molar-refractivity contribution is 5.72. The molecule has 3 atom stereocenters. The van der Waals surface area contributed by atoms with Gasteiger partial charge in [-0.25, -0.2) is 18.7 Å². The Kier molecular flexibility index (Phi) is 8.15. The second kappa shape index (κ2) is 11.3. The Morgan fingerprint density at radius 3 is 2.81 bits per heavy atom. The number of carbonyl (C=O) groups excluding carboxylic acids is 1. The van der Waals surface area contributed by atoms with Gasteiger partial charge in [0.25, 0.3) is 0 Å². The van der Waals surface area contributed by atoms with Crippen LogP contribution in [-0.4, -0.2) is 56.8 Å². The van der Waals surface area contributed by atoms with Gasteiger partial charge in [-0.05, 0) is 25.3 Å². The van der Waals surface area contributed by atoms with Gasteiger partial charge in [0.05, 0.1) is 18.5 Å². The molecule has 4 rings (SSSR count). The van der Waals surface area contributed by atoms with E-state index in [9.17, 15) is 22.4 Å². The quantitative estimate of drug-likeness (QED) is 0.255. The molecule has 3 N–H and O–H groups in total. The number of aromatic nitrogens is 5. The number of alkyl halides is 4. The van der Waals surface area contributed by atoms with Gasteiger partial charge >= 0.3 is 12.3 Å². The van der Waals surface area contributed by atoms with Crippen LogP contribution in [0.5, 0.6) is 0 Å². The Bertz CT molecular complexity index is 1210. The van der Waals surface area contributed by atoms with Crippen LogP contribution in [0.2, 0.25) is 0 Å². The number of unbranched alkanes of at least 4 members (excludes halogenated alkanes) is 2. The number of anilines is 2. The normalized spacial score (nSPS) is 19.9. The van der Waals surface area contributed by atoms with Crippen LogP contribution in [0.3, 0.4) is 0 Å². The first-order valence-corrected chi connectivity index (χ1v) is 12.0. The van der Waals surface area contributed by atoms with Gasteiger partial charge in [0.2, 0.25) is 0 Å². The average Bonchev–Trinajstić information content (AvgIpc) is 3.55. The number of H-pyrrole nitrogens is 1. The van der Waals surface area contributed by atoms with Crippen molar-refractivity contribution in [1.82, 2.24) is 30.1 Å². The molecule has 1 aliphatic carbocycles. The number of halogens is 4. The van der Waals surface area contributed by atoms with E-state index >= 15 is 0 Å². The lowest BCUT2D eigenvalue weighted by Gasteiger charge is -2.14. The van der Waals surface area contributed by atoms with Gasteiger partial charge in [0.15, 0.2) is 17.3 Å². The molecule has 0 aliphatic heterocycles. The molecule has 3 aromatic rings. The number of alkyl carbamates (subject to hydrolysis) is 1. The Morgan fingerprint density at radius 1 is 1.27 bits per heavy atom. The van der Waals surface area contributed by atoms with Gasteiger partial charge < -0.3 is 20.1 Å². The molecule has 0 spiro atoms. The number of fused-ring (bicyclic) bond motifs is 1. The van der Waals surface area contributed by atoms with Gasteiger partial charge in [-0.15, -0.1) is 0 Å². The molecule has 1 fully saturated rings. The van der Waals surface area contributed by atoms with Crippen molar-refractivity contribution in [2.75, 3.05) is 19.0 Å². The van der Waals surface area contributed by atoms with Gasteiger partial charge in [-0.3, -0.25) is 5.10 Å². The molecule has 202 valence electrons. The number of hydrogen-bond donors (Lipinski definition) is 3. The zero-order valence-corrected chi connectivity index (χ0v) is 20.4. The third kappa shape index (κ3) is 6.48. The first-order chi connectivity index (χ1) is 17.7. The van der Waals surface area contributed by atoms with Crippen molar-refractivity contribution in [3.63, 3.8) is 0 Å². The van der Waals surface area contributed by atoms with Crippen LogP contribution in [0, 0.1) is 0 Å². The molecule has 0 radical (unpaired) electrons. The number of amides is 1. The summed E-state index contributed by atoms with van der Waals surface area (Å²) in [6.45, 7) is 2.63. The summed E-state index contributed by atoms with van der Waals surface area (Å²) in [6.07, 6.45) is -3.60. The molecular weight excluding hydrogens is 498 g/mol. The fourth-order valence-electron chi connectivity index (χ4n) is 4.29. The summed E-state index contributed by atoms with van der Waals surface area (Å²) < 4.78 is 66.2. The molecular formula is C23H29F4N7O3. The maximum atomic E-state index is 14.6. The second-order valence-electron chi connectivity index (χ2n) is 8.97. The zero-order chi connectivity index (χ0) is 26.6. The van der Waals surface area contributed by atoms with Crippen molar-refractivity contribution in [3.8, 4) is 0 Å². The summed E-state index contributed by atoms with van der Waals surface area (Å²) in [5.74, 6) is -0.209. The smallest absolute Gasteiger partial charge is 0.434 e. The number of methoxy groups -OCH3 is 1. The van der Waals surface area contributed by atoms with E-state index in [1.807, 2.05) is 6.92 Å². The standard InChI is InChI=1S/C23H29F4N7O3/c1-3-4-5-6-28-22(35)37-18-8-13(7-15(18)24)16-10-20(32-31-16)30-21-17-9-14(12-36-2)33-34(17)11-19(29-21)23(25,26)27/h9-11,13,15,18H,3-8,12H2,1-2H3,(H,28,35)(H2,29,30,31,32)/t13-,15+,18-/m0/s1. The van der Waals surface area contributed by atoms with E-state index in [2.05, 4.69) is 30.9 Å². The molecule has 37 heavy (non-hydrogen) atoms. The van der Waals surface area contributed by atoms with Crippen LogP contribution in [0.4, 0.5) is 34.0 Å². The van der Waals surface area contributed by atoms with Gasteiger partial charge in [-0.2, -0.15) is 23.4 Å². The van der Waals surface area contributed by atoms with E-state index in [4.69, 9.17) is 9.47 Å². The highest BCUT2D eigenvalue weighted by Gasteiger charge is 2.39. The van der Waals surface area contributed by atoms with E-state index in [-0.39, 0.29) is 37.0 Å². The molecule has 0 unspecified atom stereocenters. The minimum Gasteiger partial charge on any atom is -0.443 e. The minimum absolute atomic E-state index is 0.0986. The molecule has 0 aromatic carbocycles. The summed E-state index contributed by atoms with van der Waals surface area (Å²) in [7, 11) is 1.45. The van der Waals surface area contributed by atoms with E-state index in [0.717, 1.165) is 30.0 Å². The summed E-state index contributed by atoms with van der Waals surface area (Å²) >= 11 is 0. The maximum Gasteiger partial charge on any atom is 0.434 e. The zero-order valence-electron chi connectivity index (χ0n) is 20.4. The lowest BCUT2D eigenvalue weighted by atomic mass is 10.0. The van der Waals surface area contributed by atoms with Crippen molar-refractivity contribution >= 4 is 23.2 Å². The van der Waals surface area contributed by atoms with E-state index in [1.165, 1.54) is 7.11 Å². The Hall–Kier alpha value is -3.42. The highest BCUT2D eigenvalue weighted by Crippen LogP contribution is 2.38. The Morgan fingerprint density at radius 2 is 2.08 bits per heavy atom. The molecule has 3 heterocycles. The van der Waals surface area contributed by atoms with Crippen LogP contribution in [-0.2, 0) is 22.3 Å². The van der Waals surface area contributed by atoms with Crippen LogP contribution in [0.25, 0.3) is 5.52 Å². The first kappa shape index (κ1) is 26.6. The number of aromatic amines is 1. The van der Waals surface area contributed by atoms with Crippen molar-refractivity contribution in [1.29, 1.82) is 0 Å². The second-order valence-corrected chi connectivity index (χ2v) is 8.97. The largest absolute Gasteiger partial charge is 0.443 e. The van der Waals surface area contributed by atoms with Gasteiger partial charge in [0.1, 0.15) is 17.8 Å². The lowest BCUT2D eigenvalue weighted by Crippen LogP contribution is -2.31. The number of hydrogen-bond acceptors (Lipinski definition) is 7. The molecule has 1 amide bonds. The van der Waals surface area contributed by atoms with Crippen LogP contribution in [0.1, 0.15) is 62.0 Å². The summed E-state index contributed by atoms with van der Waals surface area (Å²) in [6, 6.07) is 3.14. The van der Waals surface area contributed by atoms with Gasteiger partial charge in [-0.1, -0.05) is 19.8 Å². The predicted molar refractivity (Wildman–Crippen MR) is 125 cm³/mol. The SMILES string of the molecule is CCCCCNC(=O)O[C@H]1C[C@@H](c2cc(Nc3nc(C(F)(F)F)cn4nc(COC)cc34)n[nH]2)C[C@H]1F. The number of ether oxygens (including phenoxy) is 2. The first-order valence-electron chi connectivity index (χ1n) is 12.0. The van der Waals surface area contributed by atoms with E-state index < -0.39 is 30.2 Å². The van der Waals surface area contributed by atoms with E-state index in [0.29, 0.717) is 23.4 Å². The van der Waals surface area contributed by atoms with Crippen LogP contribution < -0.4 is 10.6 Å². The van der Waals surface area contributed by atoms with Crippen molar-refractivity contribution < 1.29 is 31.8 Å². The summed E-state index contributed by atoms with van der Waals surface area (Å²) in [5, 5.41) is 16.5. The summed E-state index contributed by atoms with van der Waals surface area (Å²) in [5.41, 5.74) is 0.160. The van der Waals surface area contributed by atoms with Crippen LogP contribution in [0.15, 0.2) is 18.3 Å². The molecule has 1 aliphatic rings. The fraction of sp³-hybridized carbons (Fsp3) is 0.565. The van der Waals surface area contributed by atoms with E-state index in [1.54, 1.807) is 12.1 Å². The topological polar surface area (TPSA) is 118 Å². The number of rotatable bonds is 10. The van der Waals surface area contributed by atoms with Crippen molar-refractivity contribution in [3.05, 3.63) is 35.4 Å². The Labute approximate surface area is 210 Å². The molecule has 1 saturated carbocycles. The van der Waals surface area contributed by atoms with Crippen molar-refractivity contribution in [2.24, 2.45) is 0 Å². The summed E-state index contributed by atoms with van der Waals surface area (Å²) in [4.78, 5) is 15.7. The maximum absolute atomic E-state index is 14.6. The third-order valence-corrected chi connectivity index (χ3v) is 6.11. The average molecular weight is 528 g/mol. The minimum atomic E-state index is -4.69. The van der Waals surface area contributed by atoms with Gasteiger partial charge in [0, 0.05) is 31.3 Å². The molecule has 14 heteroatoms. The third-order valence-electron chi connectivity index (χ3n) is 6.11. The fourth-order valence-corrected chi connectivity index (χ4v) is 4.29. The molecule has 0 saturated heterocycles. The van der Waals surface area contributed by atoms with Crippen LogP contribution >= 0.6 is 0 Å². The molecule has 10 nitrogen and oxygen atoms in total. The molecule has 0 bridgehead atoms. The highest BCUT2D eigenvalue weighted by atomic mass is 19.4. The van der Waals surface area contributed by atoms with Crippen molar-refractivity contribution in [2.45, 2.75) is 70.0 Å².